The molecule has 3 heterocycles. The molecule has 3 rings (SSSR count). The van der Waals surface area contributed by atoms with Crippen LogP contribution in [0.15, 0.2) is 49.7 Å². The van der Waals surface area contributed by atoms with Crippen LogP contribution in [0.25, 0.3) is 0 Å². The highest BCUT2D eigenvalue weighted by atomic mass is 127. The zero-order valence-corrected chi connectivity index (χ0v) is 18.7. The van der Waals surface area contributed by atoms with Crippen molar-refractivity contribution in [2.45, 2.75) is 33.2 Å². The van der Waals surface area contributed by atoms with E-state index in [4.69, 9.17) is 8.83 Å². The summed E-state index contributed by atoms with van der Waals surface area (Å²) in [5.74, 6) is 3.18. The van der Waals surface area contributed by atoms with E-state index in [1.165, 1.54) is 4.88 Å². The zero-order chi connectivity index (χ0) is 18.2. The van der Waals surface area contributed by atoms with E-state index in [1.807, 2.05) is 26.0 Å². The summed E-state index contributed by atoms with van der Waals surface area (Å²) in [6.07, 6.45) is 3.46. The summed E-state index contributed by atoms with van der Waals surface area (Å²) in [6.45, 7) is 5.81. The number of halogens is 1. The van der Waals surface area contributed by atoms with Crippen molar-refractivity contribution >= 4 is 41.3 Å². The van der Waals surface area contributed by atoms with Gasteiger partial charge in [0.05, 0.1) is 12.0 Å². The van der Waals surface area contributed by atoms with E-state index in [0.29, 0.717) is 12.4 Å². The molecule has 0 unspecified atom stereocenters. The molecule has 0 aliphatic heterocycles. The Morgan fingerprint density at radius 1 is 1.15 bits per heavy atom. The molecule has 0 aliphatic rings. The van der Waals surface area contributed by atoms with Gasteiger partial charge in [0, 0.05) is 24.4 Å². The fourth-order valence-corrected chi connectivity index (χ4v) is 3.15. The summed E-state index contributed by atoms with van der Waals surface area (Å²) < 4.78 is 11.0. The van der Waals surface area contributed by atoms with Crippen molar-refractivity contribution in [3.8, 4) is 0 Å². The Balaban J connectivity index is 0.00000261. The second kappa shape index (κ2) is 11.1. The molecule has 0 fully saturated rings. The fraction of sp³-hybridized carbons (Fsp3) is 0.368. The third kappa shape index (κ3) is 7.02. The summed E-state index contributed by atoms with van der Waals surface area (Å²) in [5.41, 5.74) is 0.910. The maximum atomic E-state index is 5.60. The van der Waals surface area contributed by atoms with Gasteiger partial charge in [-0.25, -0.2) is 9.98 Å². The standard InChI is InChI=1S/C19H24N4O2S.HI/c1-14-15(2)25-18(23-14)13-22-19(20-9-7-16-5-3-11-24-16)21-10-8-17-6-4-12-26-17;/h3-6,11-12H,7-10,13H2,1-2H3,(H2,20,21,22);1H. The van der Waals surface area contributed by atoms with Gasteiger partial charge in [-0.15, -0.1) is 35.3 Å². The smallest absolute Gasteiger partial charge is 0.216 e. The number of aliphatic imine (C=N–C) groups is 1. The van der Waals surface area contributed by atoms with E-state index in [2.05, 4.69) is 38.1 Å². The lowest BCUT2D eigenvalue weighted by atomic mass is 10.3. The largest absolute Gasteiger partial charge is 0.469 e. The molecule has 0 amide bonds. The second-order valence-corrected chi connectivity index (χ2v) is 6.96. The van der Waals surface area contributed by atoms with Crippen LogP contribution in [0.1, 0.15) is 28.0 Å². The van der Waals surface area contributed by atoms with Gasteiger partial charge < -0.3 is 19.5 Å². The van der Waals surface area contributed by atoms with Gasteiger partial charge in [0.2, 0.25) is 5.89 Å². The van der Waals surface area contributed by atoms with Crippen molar-refractivity contribution < 1.29 is 8.83 Å². The predicted molar refractivity (Wildman–Crippen MR) is 119 cm³/mol. The van der Waals surface area contributed by atoms with Crippen molar-refractivity contribution in [3.05, 3.63) is 63.9 Å². The van der Waals surface area contributed by atoms with Gasteiger partial charge in [0.15, 0.2) is 5.96 Å². The van der Waals surface area contributed by atoms with Crippen LogP contribution in [0.4, 0.5) is 0 Å². The average Bonchev–Trinajstić information content (AvgIpc) is 3.36. The van der Waals surface area contributed by atoms with Crippen LogP contribution in [-0.4, -0.2) is 24.0 Å². The molecule has 0 aliphatic carbocycles. The van der Waals surface area contributed by atoms with Crippen molar-refractivity contribution in [1.82, 2.24) is 15.6 Å². The first-order valence-corrected chi connectivity index (χ1v) is 9.58. The van der Waals surface area contributed by atoms with E-state index in [-0.39, 0.29) is 24.0 Å². The molecule has 3 aromatic rings. The minimum atomic E-state index is 0. The van der Waals surface area contributed by atoms with Crippen LogP contribution in [0.5, 0.6) is 0 Å². The van der Waals surface area contributed by atoms with Crippen LogP contribution in [0, 0.1) is 13.8 Å². The number of rotatable bonds is 8. The maximum absolute atomic E-state index is 5.60. The Bertz CT molecular complexity index is 751. The number of nitrogens with zero attached hydrogens (tertiary/aromatic N) is 2. The van der Waals surface area contributed by atoms with Crippen LogP contribution >= 0.6 is 35.3 Å². The minimum absolute atomic E-state index is 0. The lowest BCUT2D eigenvalue weighted by Gasteiger charge is -2.11. The zero-order valence-electron chi connectivity index (χ0n) is 15.5. The summed E-state index contributed by atoms with van der Waals surface area (Å²) >= 11 is 1.77. The molecule has 0 saturated heterocycles. The van der Waals surface area contributed by atoms with Crippen LogP contribution < -0.4 is 10.6 Å². The van der Waals surface area contributed by atoms with E-state index in [9.17, 15) is 0 Å². The van der Waals surface area contributed by atoms with Gasteiger partial charge in [0.1, 0.15) is 18.1 Å². The highest BCUT2D eigenvalue weighted by molar-refractivity contribution is 14.0. The number of guanidine groups is 1. The number of thiophene rings is 1. The van der Waals surface area contributed by atoms with Gasteiger partial charge in [0.25, 0.3) is 0 Å². The van der Waals surface area contributed by atoms with Crippen LogP contribution in [-0.2, 0) is 19.4 Å². The second-order valence-electron chi connectivity index (χ2n) is 5.93. The summed E-state index contributed by atoms with van der Waals surface area (Å²) in [6, 6.07) is 8.09. The lowest BCUT2D eigenvalue weighted by molar-refractivity contribution is 0.472. The van der Waals surface area contributed by atoms with Gasteiger partial charge in [-0.1, -0.05) is 6.07 Å². The third-order valence-electron chi connectivity index (χ3n) is 3.93. The Hall–Kier alpha value is -1.81. The van der Waals surface area contributed by atoms with Crippen molar-refractivity contribution in [2.24, 2.45) is 4.99 Å². The van der Waals surface area contributed by atoms with Crippen LogP contribution in [0.3, 0.4) is 0 Å². The molecule has 27 heavy (non-hydrogen) atoms. The average molecular weight is 500 g/mol. The first-order chi connectivity index (χ1) is 12.7. The topological polar surface area (TPSA) is 75.6 Å². The fourth-order valence-electron chi connectivity index (χ4n) is 2.45. The molecular weight excluding hydrogens is 475 g/mol. The van der Waals surface area contributed by atoms with Gasteiger partial charge >= 0.3 is 0 Å². The molecule has 0 radical (unpaired) electrons. The summed E-state index contributed by atoms with van der Waals surface area (Å²) in [7, 11) is 0. The maximum Gasteiger partial charge on any atom is 0.216 e. The molecule has 0 atom stereocenters. The van der Waals surface area contributed by atoms with Crippen molar-refractivity contribution in [3.63, 3.8) is 0 Å². The van der Waals surface area contributed by atoms with E-state index in [1.54, 1.807) is 17.6 Å². The van der Waals surface area contributed by atoms with E-state index < -0.39 is 0 Å². The Morgan fingerprint density at radius 3 is 2.59 bits per heavy atom. The number of oxazole rings is 1. The highest BCUT2D eigenvalue weighted by Crippen LogP contribution is 2.09. The lowest BCUT2D eigenvalue weighted by Crippen LogP contribution is -2.39. The van der Waals surface area contributed by atoms with E-state index in [0.717, 1.165) is 49.1 Å². The number of hydrogen-bond acceptors (Lipinski definition) is 5. The molecule has 0 spiro atoms. The molecule has 0 bridgehead atoms. The SMILES string of the molecule is Cc1nc(CN=C(NCCc2ccco2)NCCc2cccs2)oc1C.I. The quantitative estimate of drug-likeness (QED) is 0.277. The van der Waals surface area contributed by atoms with Crippen molar-refractivity contribution in [2.75, 3.05) is 13.1 Å². The molecule has 0 aromatic carbocycles. The highest BCUT2D eigenvalue weighted by Gasteiger charge is 2.06. The van der Waals surface area contributed by atoms with Crippen molar-refractivity contribution in [1.29, 1.82) is 0 Å². The first-order valence-electron chi connectivity index (χ1n) is 8.70. The Labute approximate surface area is 180 Å². The molecule has 2 N–H and O–H groups in total. The monoisotopic (exact) mass is 500 g/mol. The normalized spacial score (nSPS) is 11.3. The number of furan rings is 1. The molecule has 6 nitrogen and oxygen atoms in total. The number of aryl methyl sites for hydroxylation is 2. The van der Waals surface area contributed by atoms with Gasteiger partial charge in [-0.05, 0) is 43.8 Å². The minimum Gasteiger partial charge on any atom is -0.469 e. The van der Waals surface area contributed by atoms with Gasteiger partial charge in [-0.2, -0.15) is 0 Å². The van der Waals surface area contributed by atoms with Gasteiger partial charge in [-0.3, -0.25) is 0 Å². The summed E-state index contributed by atoms with van der Waals surface area (Å²) in [5, 5.41) is 8.81. The Kier molecular flexibility index (Phi) is 8.86. The predicted octanol–water partition coefficient (Wildman–Crippen LogP) is 4.08. The number of nitrogens with one attached hydrogen (secondary N) is 2. The number of hydrogen-bond donors (Lipinski definition) is 2. The molecular formula is C19H25IN4O2S. The Morgan fingerprint density at radius 2 is 1.96 bits per heavy atom. The molecule has 8 heteroatoms. The molecule has 0 saturated carbocycles. The molecule has 3 aromatic heterocycles. The molecule has 146 valence electrons. The number of aromatic nitrogens is 1. The third-order valence-corrected chi connectivity index (χ3v) is 4.87. The van der Waals surface area contributed by atoms with Crippen LogP contribution in [0.2, 0.25) is 0 Å². The van der Waals surface area contributed by atoms with E-state index >= 15 is 0 Å². The summed E-state index contributed by atoms with van der Waals surface area (Å²) in [4.78, 5) is 10.3. The first kappa shape index (κ1) is 21.5.